The number of fused-ring (bicyclic) bond motifs is 1. The van der Waals surface area contributed by atoms with E-state index < -0.39 is 0 Å². The average molecular weight is 335 g/mol. The summed E-state index contributed by atoms with van der Waals surface area (Å²) < 4.78 is 1.09. The van der Waals surface area contributed by atoms with E-state index in [0.717, 1.165) is 34.1 Å². The normalized spacial score (nSPS) is 21.1. The van der Waals surface area contributed by atoms with Crippen LogP contribution in [0.15, 0.2) is 46.2 Å². The summed E-state index contributed by atoms with van der Waals surface area (Å²) in [7, 11) is 0. The molecule has 2 heterocycles. The predicted octanol–water partition coefficient (Wildman–Crippen LogP) is 4.72. The summed E-state index contributed by atoms with van der Waals surface area (Å²) in [6, 6.07) is 8.34. The third kappa shape index (κ3) is 2.40. The lowest BCUT2D eigenvalue weighted by atomic mass is 9.80. The first-order valence-electron chi connectivity index (χ1n) is 8.43. The van der Waals surface area contributed by atoms with Crippen molar-refractivity contribution in [2.24, 2.45) is 11.7 Å². The molecule has 0 saturated heterocycles. The molecule has 0 spiro atoms. The van der Waals surface area contributed by atoms with Gasteiger partial charge in [-0.25, -0.2) is 0 Å². The standard InChI is InChI=1S/C20H21N3S/c1-11-12(2)23-20(22)16(8-13-6-7-13)18(11)17-10-24-19-14(9-21)4-3-5-15(17)19/h3-5,10,13,18,23H,6-8,22H2,1-2H3. The number of nitriles is 1. The van der Waals surface area contributed by atoms with E-state index in [9.17, 15) is 5.26 Å². The number of thiophene rings is 1. The number of nitrogens with two attached hydrogens (primary N) is 1. The zero-order valence-electron chi connectivity index (χ0n) is 14.0. The molecule has 1 aromatic carbocycles. The van der Waals surface area contributed by atoms with Crippen LogP contribution in [0.3, 0.4) is 0 Å². The van der Waals surface area contributed by atoms with Gasteiger partial charge in [-0.2, -0.15) is 5.26 Å². The average Bonchev–Trinajstić information content (AvgIpc) is 3.30. The molecule has 1 saturated carbocycles. The van der Waals surface area contributed by atoms with Gasteiger partial charge in [0, 0.05) is 11.6 Å². The molecule has 24 heavy (non-hydrogen) atoms. The van der Waals surface area contributed by atoms with Crippen LogP contribution in [0.1, 0.15) is 50.2 Å². The summed E-state index contributed by atoms with van der Waals surface area (Å²) in [4.78, 5) is 0. The van der Waals surface area contributed by atoms with Gasteiger partial charge in [-0.3, -0.25) is 0 Å². The maximum absolute atomic E-state index is 9.38. The van der Waals surface area contributed by atoms with Gasteiger partial charge in [0.05, 0.1) is 10.3 Å². The van der Waals surface area contributed by atoms with Gasteiger partial charge in [0.2, 0.25) is 0 Å². The molecule has 0 bridgehead atoms. The lowest BCUT2D eigenvalue weighted by Gasteiger charge is -2.30. The molecule has 4 rings (SSSR count). The van der Waals surface area contributed by atoms with E-state index in [-0.39, 0.29) is 5.92 Å². The fraction of sp³-hybridized carbons (Fsp3) is 0.350. The van der Waals surface area contributed by atoms with Gasteiger partial charge in [0.15, 0.2) is 0 Å². The van der Waals surface area contributed by atoms with Gasteiger partial charge < -0.3 is 11.1 Å². The molecule has 1 atom stereocenters. The highest BCUT2D eigenvalue weighted by molar-refractivity contribution is 7.17. The molecule has 1 aromatic heterocycles. The fourth-order valence-corrected chi connectivity index (χ4v) is 4.75. The molecule has 3 nitrogen and oxygen atoms in total. The summed E-state index contributed by atoms with van der Waals surface area (Å²) in [5.74, 6) is 1.84. The van der Waals surface area contributed by atoms with Gasteiger partial charge in [-0.1, -0.05) is 12.1 Å². The van der Waals surface area contributed by atoms with Crippen molar-refractivity contribution >= 4 is 21.4 Å². The number of hydrogen-bond donors (Lipinski definition) is 2. The molecular formula is C20H21N3S. The Morgan fingerprint density at radius 3 is 2.83 bits per heavy atom. The largest absolute Gasteiger partial charge is 0.385 e. The topological polar surface area (TPSA) is 61.8 Å². The number of dihydropyridines is 1. The number of rotatable bonds is 3. The molecule has 0 radical (unpaired) electrons. The van der Waals surface area contributed by atoms with Crippen LogP contribution in [0.25, 0.3) is 10.1 Å². The van der Waals surface area contributed by atoms with Crippen LogP contribution >= 0.6 is 11.3 Å². The Labute approximate surface area is 146 Å². The van der Waals surface area contributed by atoms with Crippen LogP contribution in [0.4, 0.5) is 0 Å². The van der Waals surface area contributed by atoms with E-state index >= 15 is 0 Å². The van der Waals surface area contributed by atoms with Crippen molar-refractivity contribution in [3.05, 3.63) is 57.4 Å². The van der Waals surface area contributed by atoms with E-state index in [1.165, 1.54) is 34.9 Å². The smallest absolute Gasteiger partial charge is 0.101 e. The minimum Gasteiger partial charge on any atom is -0.385 e. The molecule has 122 valence electrons. The van der Waals surface area contributed by atoms with E-state index in [1.54, 1.807) is 11.3 Å². The van der Waals surface area contributed by atoms with Crippen molar-refractivity contribution < 1.29 is 0 Å². The first-order valence-corrected chi connectivity index (χ1v) is 9.31. The van der Waals surface area contributed by atoms with Gasteiger partial charge in [0.1, 0.15) is 11.9 Å². The van der Waals surface area contributed by atoms with Crippen molar-refractivity contribution in [3.63, 3.8) is 0 Å². The van der Waals surface area contributed by atoms with Gasteiger partial charge >= 0.3 is 0 Å². The number of benzene rings is 1. The third-order valence-corrected chi connectivity index (χ3v) is 6.36. The van der Waals surface area contributed by atoms with Gasteiger partial charge in [0.25, 0.3) is 0 Å². The van der Waals surface area contributed by atoms with Crippen molar-refractivity contribution in [1.29, 1.82) is 5.26 Å². The second kappa shape index (κ2) is 5.68. The van der Waals surface area contributed by atoms with E-state index in [1.807, 2.05) is 12.1 Å². The third-order valence-electron chi connectivity index (χ3n) is 5.31. The lowest BCUT2D eigenvalue weighted by Crippen LogP contribution is -2.29. The zero-order chi connectivity index (χ0) is 16.8. The molecule has 1 fully saturated rings. The van der Waals surface area contributed by atoms with Crippen LogP contribution in [0, 0.1) is 17.2 Å². The van der Waals surface area contributed by atoms with Crippen molar-refractivity contribution in [3.8, 4) is 6.07 Å². The van der Waals surface area contributed by atoms with Crippen molar-refractivity contribution in [2.45, 2.75) is 39.0 Å². The minimum absolute atomic E-state index is 0.231. The highest BCUT2D eigenvalue weighted by Gasteiger charge is 2.33. The highest BCUT2D eigenvalue weighted by atomic mass is 32.1. The first kappa shape index (κ1) is 15.3. The number of hydrogen-bond acceptors (Lipinski definition) is 4. The van der Waals surface area contributed by atoms with Gasteiger partial charge in [-0.15, -0.1) is 11.3 Å². The Morgan fingerprint density at radius 1 is 1.33 bits per heavy atom. The Balaban J connectivity index is 1.88. The predicted molar refractivity (Wildman–Crippen MR) is 99.3 cm³/mol. The Bertz CT molecular complexity index is 922. The molecule has 1 aliphatic heterocycles. The molecule has 2 aliphatic rings. The monoisotopic (exact) mass is 335 g/mol. The van der Waals surface area contributed by atoms with Crippen LogP contribution < -0.4 is 11.1 Å². The lowest BCUT2D eigenvalue weighted by molar-refractivity contribution is 0.684. The second-order valence-corrected chi connectivity index (χ2v) is 7.82. The summed E-state index contributed by atoms with van der Waals surface area (Å²) in [5, 5.41) is 16.2. The molecule has 2 aromatic rings. The second-order valence-electron chi connectivity index (χ2n) is 6.94. The maximum atomic E-state index is 9.38. The van der Waals surface area contributed by atoms with Crippen molar-refractivity contribution in [2.75, 3.05) is 0 Å². The molecule has 0 amide bonds. The molecule has 1 unspecified atom stereocenters. The Morgan fingerprint density at radius 2 is 2.12 bits per heavy atom. The SMILES string of the molecule is CC1=C(C)C(c2csc3c(C#N)cccc23)C(CC2CC2)=C(N)N1. The number of nitrogens with one attached hydrogen (secondary N) is 1. The van der Waals surface area contributed by atoms with E-state index in [0.29, 0.717) is 0 Å². The van der Waals surface area contributed by atoms with Crippen molar-refractivity contribution in [1.82, 2.24) is 5.32 Å². The van der Waals surface area contributed by atoms with Crippen LogP contribution in [0.2, 0.25) is 0 Å². The number of nitrogens with zero attached hydrogens (tertiary/aromatic N) is 1. The summed E-state index contributed by atoms with van der Waals surface area (Å²) in [6.07, 6.45) is 3.70. The fourth-order valence-electron chi connectivity index (χ4n) is 3.68. The number of allylic oxidation sites excluding steroid dienone is 3. The molecule has 4 heteroatoms. The van der Waals surface area contributed by atoms with Crippen LogP contribution in [0.5, 0.6) is 0 Å². The molecule has 3 N–H and O–H groups in total. The summed E-state index contributed by atoms with van der Waals surface area (Å²) >= 11 is 1.67. The maximum Gasteiger partial charge on any atom is 0.101 e. The Kier molecular flexibility index (Phi) is 3.62. The van der Waals surface area contributed by atoms with Gasteiger partial charge in [-0.05, 0) is 72.6 Å². The Hall–Kier alpha value is -2.25. The van der Waals surface area contributed by atoms with E-state index in [4.69, 9.17) is 5.73 Å². The van der Waals surface area contributed by atoms with Crippen LogP contribution in [-0.4, -0.2) is 0 Å². The van der Waals surface area contributed by atoms with E-state index in [2.05, 4.69) is 36.7 Å². The summed E-state index contributed by atoms with van der Waals surface area (Å²) in [6.45, 7) is 4.29. The summed E-state index contributed by atoms with van der Waals surface area (Å²) in [5.41, 5.74) is 12.2. The highest BCUT2D eigenvalue weighted by Crippen LogP contribution is 2.47. The molecule has 1 aliphatic carbocycles. The minimum atomic E-state index is 0.231. The quantitative estimate of drug-likeness (QED) is 0.853. The zero-order valence-corrected chi connectivity index (χ0v) is 14.8. The van der Waals surface area contributed by atoms with Crippen LogP contribution in [-0.2, 0) is 0 Å². The molecular weight excluding hydrogens is 314 g/mol. The first-order chi connectivity index (χ1) is 11.6.